The number of carbonyl (C=O) groups is 1. The number of allylic oxidation sites excluding steroid dienone is 1. The van der Waals surface area contributed by atoms with Crippen molar-refractivity contribution in [3.8, 4) is 0 Å². The molecule has 0 aromatic rings. The van der Waals surface area contributed by atoms with Gasteiger partial charge in [-0.2, -0.15) is 0 Å². The summed E-state index contributed by atoms with van der Waals surface area (Å²) >= 11 is 0. The van der Waals surface area contributed by atoms with Gasteiger partial charge in [-0.1, -0.05) is 39.8 Å². The first-order chi connectivity index (χ1) is 9.84. The minimum Gasteiger partial charge on any atom is -0.300 e. The standard InChI is InChI=1S/C20H32O/c1-12(2)10-15(21)11-14(4)16-8-9-20(5)17-7-6-13(3)18(17)19(16)20/h12,14,16-19H,3,6-11H2,1-2,4-5H3/t14-,16-,17-,18+,19-,20+/m1/s1. The Bertz CT molecular complexity index is 449. The van der Waals surface area contributed by atoms with Gasteiger partial charge in [0.15, 0.2) is 0 Å². The lowest BCUT2D eigenvalue weighted by Gasteiger charge is -2.57. The van der Waals surface area contributed by atoms with Crippen LogP contribution in [0, 0.1) is 40.9 Å². The minimum absolute atomic E-state index is 0.479. The van der Waals surface area contributed by atoms with Crippen molar-refractivity contribution in [2.45, 2.75) is 66.2 Å². The van der Waals surface area contributed by atoms with Crippen LogP contribution < -0.4 is 0 Å². The molecule has 3 fully saturated rings. The van der Waals surface area contributed by atoms with E-state index in [9.17, 15) is 4.79 Å². The summed E-state index contributed by atoms with van der Waals surface area (Å²) in [6.07, 6.45) is 6.94. The zero-order valence-electron chi connectivity index (χ0n) is 14.3. The van der Waals surface area contributed by atoms with Crippen LogP contribution in [0.4, 0.5) is 0 Å². The van der Waals surface area contributed by atoms with Crippen molar-refractivity contribution < 1.29 is 4.79 Å². The maximum absolute atomic E-state index is 12.2. The van der Waals surface area contributed by atoms with E-state index >= 15 is 0 Å². The first-order valence-corrected chi connectivity index (χ1v) is 9.04. The summed E-state index contributed by atoms with van der Waals surface area (Å²) in [7, 11) is 0. The zero-order valence-corrected chi connectivity index (χ0v) is 14.3. The molecule has 0 aliphatic heterocycles. The summed E-state index contributed by atoms with van der Waals surface area (Å²) in [6.45, 7) is 13.5. The van der Waals surface area contributed by atoms with Crippen molar-refractivity contribution in [2.24, 2.45) is 40.9 Å². The molecule has 0 radical (unpaired) electrons. The monoisotopic (exact) mass is 288 g/mol. The molecule has 0 spiro atoms. The van der Waals surface area contributed by atoms with E-state index in [-0.39, 0.29) is 0 Å². The van der Waals surface area contributed by atoms with E-state index in [0.717, 1.165) is 36.5 Å². The molecule has 0 amide bonds. The number of hydrogen-bond acceptors (Lipinski definition) is 1. The Morgan fingerprint density at radius 3 is 2.67 bits per heavy atom. The lowest BCUT2D eigenvalue weighted by molar-refractivity contribution is -0.122. The Morgan fingerprint density at radius 1 is 1.29 bits per heavy atom. The van der Waals surface area contributed by atoms with E-state index < -0.39 is 0 Å². The fourth-order valence-electron chi connectivity index (χ4n) is 6.21. The third-order valence-electron chi connectivity index (χ3n) is 7.07. The van der Waals surface area contributed by atoms with Crippen molar-refractivity contribution in [3.63, 3.8) is 0 Å². The molecule has 21 heavy (non-hydrogen) atoms. The highest BCUT2D eigenvalue weighted by atomic mass is 16.1. The molecule has 0 N–H and O–H groups in total. The van der Waals surface area contributed by atoms with Crippen LogP contribution in [-0.2, 0) is 4.79 Å². The number of rotatable bonds is 5. The average Bonchev–Trinajstić information content (AvgIpc) is 2.84. The molecule has 1 heteroatoms. The first-order valence-electron chi connectivity index (χ1n) is 9.04. The smallest absolute Gasteiger partial charge is 0.133 e. The van der Waals surface area contributed by atoms with E-state index in [2.05, 4.69) is 34.3 Å². The summed E-state index contributed by atoms with van der Waals surface area (Å²) < 4.78 is 0. The van der Waals surface area contributed by atoms with E-state index in [1.165, 1.54) is 31.3 Å². The van der Waals surface area contributed by atoms with Crippen molar-refractivity contribution in [1.29, 1.82) is 0 Å². The number of carbonyl (C=O) groups excluding carboxylic acids is 1. The lowest BCUT2D eigenvalue weighted by atomic mass is 9.47. The maximum Gasteiger partial charge on any atom is 0.133 e. The van der Waals surface area contributed by atoms with Gasteiger partial charge >= 0.3 is 0 Å². The molecule has 3 aliphatic carbocycles. The Kier molecular flexibility index (Phi) is 3.83. The highest BCUT2D eigenvalue weighted by Gasteiger charge is 2.66. The molecule has 0 aromatic carbocycles. The van der Waals surface area contributed by atoms with Gasteiger partial charge in [-0.3, -0.25) is 4.79 Å². The minimum atomic E-state index is 0.479. The van der Waals surface area contributed by atoms with Gasteiger partial charge in [0.1, 0.15) is 5.78 Å². The Balaban J connectivity index is 1.67. The van der Waals surface area contributed by atoms with Crippen LogP contribution >= 0.6 is 0 Å². The second kappa shape index (κ2) is 5.25. The largest absolute Gasteiger partial charge is 0.300 e. The third kappa shape index (κ3) is 2.32. The van der Waals surface area contributed by atoms with Gasteiger partial charge in [-0.15, -0.1) is 0 Å². The molecule has 3 saturated carbocycles. The van der Waals surface area contributed by atoms with Gasteiger partial charge in [0.2, 0.25) is 0 Å². The SMILES string of the molecule is C=C1CC[C@@H]2[C@H]1[C@H]1[C@@H]([C@H](C)CC(=O)CC(C)C)CC[C@]12C. The van der Waals surface area contributed by atoms with Crippen LogP contribution in [0.25, 0.3) is 0 Å². The Labute approximate surface area is 130 Å². The van der Waals surface area contributed by atoms with Crippen molar-refractivity contribution in [2.75, 3.05) is 0 Å². The van der Waals surface area contributed by atoms with E-state index in [1.807, 2.05) is 0 Å². The second-order valence-corrected chi connectivity index (χ2v) is 8.88. The predicted molar refractivity (Wildman–Crippen MR) is 87.9 cm³/mol. The second-order valence-electron chi connectivity index (χ2n) is 8.88. The van der Waals surface area contributed by atoms with Gasteiger partial charge in [0.05, 0.1) is 0 Å². The van der Waals surface area contributed by atoms with Gasteiger partial charge in [-0.25, -0.2) is 0 Å². The van der Waals surface area contributed by atoms with Gasteiger partial charge < -0.3 is 0 Å². The molecule has 0 saturated heterocycles. The quantitative estimate of drug-likeness (QED) is 0.631. The number of hydrogen-bond donors (Lipinski definition) is 0. The van der Waals surface area contributed by atoms with Gasteiger partial charge in [-0.05, 0) is 66.6 Å². The summed E-state index contributed by atoms with van der Waals surface area (Å²) in [5.74, 6) is 4.86. The van der Waals surface area contributed by atoms with Crippen LogP contribution in [0.2, 0.25) is 0 Å². The highest BCUT2D eigenvalue weighted by Crippen LogP contribution is 2.73. The number of ketones is 1. The lowest BCUT2D eigenvalue weighted by Crippen LogP contribution is -2.52. The Hall–Kier alpha value is -0.590. The summed E-state index contributed by atoms with van der Waals surface area (Å²) in [5.41, 5.74) is 2.10. The van der Waals surface area contributed by atoms with Crippen LogP contribution in [0.1, 0.15) is 66.2 Å². The molecular formula is C20H32O. The molecular weight excluding hydrogens is 256 g/mol. The van der Waals surface area contributed by atoms with E-state index in [1.54, 1.807) is 0 Å². The fraction of sp³-hybridized carbons (Fsp3) is 0.850. The van der Waals surface area contributed by atoms with Crippen molar-refractivity contribution in [3.05, 3.63) is 12.2 Å². The molecule has 0 bridgehead atoms. The summed E-state index contributed by atoms with van der Waals surface area (Å²) in [5, 5.41) is 0. The fourth-order valence-corrected chi connectivity index (χ4v) is 6.21. The Morgan fingerprint density at radius 2 is 2.00 bits per heavy atom. The van der Waals surface area contributed by atoms with Crippen LogP contribution in [0.3, 0.4) is 0 Å². The molecule has 0 unspecified atom stereocenters. The molecule has 3 rings (SSSR count). The molecule has 0 heterocycles. The van der Waals surface area contributed by atoms with Crippen molar-refractivity contribution in [1.82, 2.24) is 0 Å². The molecule has 118 valence electrons. The number of Topliss-reactive ketones (excluding diaryl/α,β-unsaturated/α-hetero) is 1. The first kappa shape index (κ1) is 15.3. The van der Waals surface area contributed by atoms with Gasteiger partial charge in [0.25, 0.3) is 0 Å². The summed E-state index contributed by atoms with van der Waals surface area (Å²) in [4.78, 5) is 12.2. The normalized spacial score (nSPS) is 42.6. The maximum atomic E-state index is 12.2. The average molecular weight is 288 g/mol. The zero-order chi connectivity index (χ0) is 15.4. The topological polar surface area (TPSA) is 17.1 Å². The van der Waals surface area contributed by atoms with Crippen LogP contribution in [0.5, 0.6) is 0 Å². The van der Waals surface area contributed by atoms with E-state index in [4.69, 9.17) is 0 Å². The summed E-state index contributed by atoms with van der Waals surface area (Å²) in [6, 6.07) is 0. The molecule has 6 atom stereocenters. The van der Waals surface area contributed by atoms with Crippen LogP contribution in [-0.4, -0.2) is 5.78 Å². The molecule has 3 aliphatic rings. The van der Waals surface area contributed by atoms with Gasteiger partial charge in [0, 0.05) is 12.8 Å². The predicted octanol–water partition coefficient (Wildman–Crippen LogP) is 5.26. The molecule has 0 aromatic heterocycles. The van der Waals surface area contributed by atoms with E-state index in [0.29, 0.717) is 23.0 Å². The van der Waals surface area contributed by atoms with Crippen LogP contribution in [0.15, 0.2) is 12.2 Å². The number of fused-ring (bicyclic) bond motifs is 4. The van der Waals surface area contributed by atoms with Crippen molar-refractivity contribution >= 4 is 5.78 Å². The highest BCUT2D eigenvalue weighted by molar-refractivity contribution is 5.78. The third-order valence-corrected chi connectivity index (χ3v) is 7.07. The molecule has 1 nitrogen and oxygen atoms in total.